The lowest BCUT2D eigenvalue weighted by Crippen LogP contribution is -2.57. The van der Waals surface area contributed by atoms with E-state index in [1.54, 1.807) is 0 Å². The molecule has 1 aromatic carbocycles. The normalized spacial score (nSPS) is 24.6. The summed E-state index contributed by atoms with van der Waals surface area (Å²) in [6.45, 7) is 4.85. The third-order valence-electron chi connectivity index (χ3n) is 4.22. The minimum absolute atomic E-state index is 0.195. The largest absolute Gasteiger partial charge is 0.488 e. The van der Waals surface area contributed by atoms with Gasteiger partial charge in [-0.1, -0.05) is 17.7 Å². The van der Waals surface area contributed by atoms with Gasteiger partial charge in [0.1, 0.15) is 11.9 Å². The van der Waals surface area contributed by atoms with E-state index < -0.39 is 0 Å². The lowest BCUT2D eigenvalue weighted by molar-refractivity contribution is -0.120. The number of amides is 1. The van der Waals surface area contributed by atoms with Gasteiger partial charge in [-0.25, -0.2) is 0 Å². The molecule has 2 aliphatic rings. The molecule has 0 bridgehead atoms. The van der Waals surface area contributed by atoms with Crippen molar-refractivity contribution in [3.8, 4) is 5.75 Å². The van der Waals surface area contributed by atoms with E-state index in [2.05, 4.69) is 29.3 Å². The van der Waals surface area contributed by atoms with Crippen LogP contribution in [0.4, 0.5) is 0 Å². The number of rotatable bonds is 3. The van der Waals surface area contributed by atoms with E-state index in [-0.39, 0.29) is 5.91 Å². The maximum atomic E-state index is 11.3. The highest BCUT2D eigenvalue weighted by atomic mass is 16.5. The molecule has 0 radical (unpaired) electrons. The van der Waals surface area contributed by atoms with Crippen molar-refractivity contribution in [3.63, 3.8) is 0 Å². The smallest absolute Gasteiger partial charge is 0.220 e. The second-order valence-corrected chi connectivity index (χ2v) is 5.84. The van der Waals surface area contributed by atoms with Gasteiger partial charge in [-0.15, -0.1) is 0 Å². The molecule has 0 aromatic heterocycles. The Morgan fingerprint density at radius 2 is 1.95 bits per heavy atom. The van der Waals surface area contributed by atoms with E-state index in [4.69, 9.17) is 4.74 Å². The number of likely N-dealkylation sites (tertiary alicyclic amines) is 1. The molecule has 20 heavy (non-hydrogen) atoms. The number of nitrogens with one attached hydrogen (secondary N) is 1. The van der Waals surface area contributed by atoms with Gasteiger partial charge in [0.25, 0.3) is 0 Å². The Labute approximate surface area is 120 Å². The van der Waals surface area contributed by atoms with Crippen molar-refractivity contribution in [2.45, 2.75) is 38.3 Å². The van der Waals surface area contributed by atoms with E-state index in [1.807, 2.05) is 12.1 Å². The van der Waals surface area contributed by atoms with Crippen LogP contribution in [0.5, 0.6) is 5.75 Å². The van der Waals surface area contributed by atoms with Crippen LogP contribution < -0.4 is 10.1 Å². The Hall–Kier alpha value is -1.55. The predicted molar refractivity (Wildman–Crippen MR) is 77.8 cm³/mol. The number of nitrogens with zero attached hydrogens (tertiary/aromatic N) is 1. The van der Waals surface area contributed by atoms with Gasteiger partial charge in [0.2, 0.25) is 5.91 Å². The molecule has 2 saturated heterocycles. The first-order valence-corrected chi connectivity index (χ1v) is 7.45. The minimum Gasteiger partial charge on any atom is -0.488 e. The third kappa shape index (κ3) is 3.12. The Kier molecular flexibility index (Phi) is 3.92. The fourth-order valence-corrected chi connectivity index (χ4v) is 2.93. The lowest BCUT2D eigenvalue weighted by Gasteiger charge is -2.43. The lowest BCUT2D eigenvalue weighted by atomic mass is 10.0. The summed E-state index contributed by atoms with van der Waals surface area (Å²) in [5, 5.41) is 2.94. The van der Waals surface area contributed by atoms with Crippen LogP contribution in [0.1, 0.15) is 24.8 Å². The van der Waals surface area contributed by atoms with Crippen LogP contribution in [0, 0.1) is 6.92 Å². The fourth-order valence-electron chi connectivity index (χ4n) is 2.93. The fraction of sp³-hybridized carbons (Fsp3) is 0.562. The number of hydrogen-bond acceptors (Lipinski definition) is 3. The molecule has 2 heterocycles. The highest BCUT2D eigenvalue weighted by Crippen LogP contribution is 2.24. The molecule has 1 N–H and O–H groups in total. The molecule has 108 valence electrons. The number of ether oxygens (including phenoxy) is 1. The van der Waals surface area contributed by atoms with Crippen molar-refractivity contribution in [3.05, 3.63) is 29.8 Å². The molecule has 0 saturated carbocycles. The van der Waals surface area contributed by atoms with Gasteiger partial charge in [-0.2, -0.15) is 0 Å². The average Bonchev–Trinajstić information content (AvgIpc) is 2.60. The summed E-state index contributed by atoms with van der Waals surface area (Å²) in [5.41, 5.74) is 1.25. The van der Waals surface area contributed by atoms with Crippen molar-refractivity contribution in [2.75, 3.05) is 19.6 Å². The maximum Gasteiger partial charge on any atom is 0.220 e. The average molecular weight is 274 g/mol. The van der Waals surface area contributed by atoms with Crippen LogP contribution in [0.25, 0.3) is 0 Å². The van der Waals surface area contributed by atoms with Crippen LogP contribution in [0.15, 0.2) is 24.3 Å². The quantitative estimate of drug-likeness (QED) is 0.912. The summed E-state index contributed by atoms with van der Waals surface area (Å²) in [7, 11) is 0. The van der Waals surface area contributed by atoms with Gasteiger partial charge >= 0.3 is 0 Å². The van der Waals surface area contributed by atoms with E-state index in [1.165, 1.54) is 5.56 Å². The van der Waals surface area contributed by atoms with Crippen molar-refractivity contribution < 1.29 is 9.53 Å². The van der Waals surface area contributed by atoms with Gasteiger partial charge in [0, 0.05) is 32.1 Å². The molecule has 0 spiro atoms. The predicted octanol–water partition coefficient (Wildman–Crippen LogP) is 1.73. The standard InChI is InChI=1S/C16H22N2O2/c1-12-2-5-14(6-3-12)20-15-10-18(11-15)13-4-7-16(19)17-9-8-13/h2-3,5-6,13,15H,4,7-11H2,1H3,(H,17,19)/t13-/m1/s1. The zero-order valence-electron chi connectivity index (χ0n) is 12.0. The Morgan fingerprint density at radius 3 is 2.70 bits per heavy atom. The van der Waals surface area contributed by atoms with E-state index >= 15 is 0 Å². The van der Waals surface area contributed by atoms with Gasteiger partial charge < -0.3 is 10.1 Å². The highest BCUT2D eigenvalue weighted by molar-refractivity contribution is 5.76. The SMILES string of the molecule is Cc1ccc(OC2CN([C@H]3CCNC(=O)CC3)C2)cc1. The molecular formula is C16H22N2O2. The Bertz CT molecular complexity index is 466. The second-order valence-electron chi connectivity index (χ2n) is 5.84. The second kappa shape index (κ2) is 5.83. The molecule has 2 fully saturated rings. The summed E-state index contributed by atoms with van der Waals surface area (Å²) >= 11 is 0. The van der Waals surface area contributed by atoms with E-state index in [0.29, 0.717) is 18.6 Å². The van der Waals surface area contributed by atoms with Gasteiger partial charge in [-0.3, -0.25) is 9.69 Å². The van der Waals surface area contributed by atoms with Crippen LogP contribution in [-0.4, -0.2) is 42.6 Å². The molecule has 2 aliphatic heterocycles. The van der Waals surface area contributed by atoms with Gasteiger partial charge in [-0.05, 0) is 31.9 Å². The summed E-state index contributed by atoms with van der Waals surface area (Å²) in [4.78, 5) is 13.8. The first-order chi connectivity index (χ1) is 9.70. The highest BCUT2D eigenvalue weighted by Gasteiger charge is 2.34. The number of carbonyl (C=O) groups is 1. The van der Waals surface area contributed by atoms with Crippen LogP contribution in [0.2, 0.25) is 0 Å². The molecule has 0 unspecified atom stereocenters. The number of hydrogen-bond donors (Lipinski definition) is 1. The van der Waals surface area contributed by atoms with E-state index in [9.17, 15) is 4.79 Å². The zero-order valence-corrected chi connectivity index (χ0v) is 12.0. The number of benzene rings is 1. The molecule has 0 aliphatic carbocycles. The summed E-state index contributed by atoms with van der Waals surface area (Å²) in [6.07, 6.45) is 2.99. The van der Waals surface area contributed by atoms with Crippen molar-refractivity contribution in [2.24, 2.45) is 0 Å². The van der Waals surface area contributed by atoms with Crippen molar-refractivity contribution in [1.82, 2.24) is 10.2 Å². The molecule has 1 amide bonds. The van der Waals surface area contributed by atoms with Crippen molar-refractivity contribution >= 4 is 5.91 Å². The van der Waals surface area contributed by atoms with Crippen molar-refractivity contribution in [1.29, 1.82) is 0 Å². The summed E-state index contributed by atoms with van der Waals surface area (Å²) in [5.74, 6) is 1.15. The molecule has 3 rings (SSSR count). The third-order valence-corrected chi connectivity index (χ3v) is 4.22. The maximum absolute atomic E-state index is 11.3. The van der Waals surface area contributed by atoms with Crippen LogP contribution in [0.3, 0.4) is 0 Å². The molecule has 1 aromatic rings. The summed E-state index contributed by atoms with van der Waals surface area (Å²) < 4.78 is 5.95. The van der Waals surface area contributed by atoms with Gasteiger partial charge in [0.15, 0.2) is 0 Å². The zero-order chi connectivity index (χ0) is 13.9. The van der Waals surface area contributed by atoms with Crippen LogP contribution in [-0.2, 0) is 4.79 Å². The number of aryl methyl sites for hydroxylation is 1. The Morgan fingerprint density at radius 1 is 1.20 bits per heavy atom. The number of carbonyl (C=O) groups excluding carboxylic acids is 1. The minimum atomic E-state index is 0.195. The first kappa shape index (κ1) is 13.4. The Balaban J connectivity index is 1.46. The molecular weight excluding hydrogens is 252 g/mol. The molecule has 1 atom stereocenters. The summed E-state index contributed by atoms with van der Waals surface area (Å²) in [6, 6.07) is 8.76. The van der Waals surface area contributed by atoms with Crippen LogP contribution >= 0.6 is 0 Å². The molecule has 4 nitrogen and oxygen atoms in total. The van der Waals surface area contributed by atoms with E-state index in [0.717, 1.165) is 38.2 Å². The van der Waals surface area contributed by atoms with Gasteiger partial charge in [0.05, 0.1) is 0 Å². The topological polar surface area (TPSA) is 41.6 Å². The monoisotopic (exact) mass is 274 g/mol. The first-order valence-electron chi connectivity index (χ1n) is 7.45. The molecule has 4 heteroatoms.